The lowest BCUT2D eigenvalue weighted by atomic mass is 10.2. The minimum atomic E-state index is 0.228. The Morgan fingerprint density at radius 1 is 1.70 bits per heavy atom. The smallest absolute Gasteiger partial charge is 0.128 e. The topological polar surface area (TPSA) is 9.23 Å². The number of alkyl halides is 2. The van der Waals surface area contributed by atoms with Gasteiger partial charge in [-0.15, -0.1) is 0 Å². The van der Waals surface area contributed by atoms with E-state index in [9.17, 15) is 0 Å². The number of hydrogen-bond acceptors (Lipinski definition) is 1. The second kappa shape index (κ2) is 3.93. The maximum absolute atomic E-state index is 5.19. The van der Waals surface area contributed by atoms with E-state index in [4.69, 9.17) is 4.74 Å². The first kappa shape index (κ1) is 8.81. The molecule has 0 aliphatic carbocycles. The maximum atomic E-state index is 5.19. The molecule has 1 unspecified atom stereocenters. The average molecular weight is 333 g/mol. The summed E-state index contributed by atoms with van der Waals surface area (Å²) in [6.07, 6.45) is 1.75. The summed E-state index contributed by atoms with van der Waals surface area (Å²) in [5, 5.41) is 0.841. The van der Waals surface area contributed by atoms with Crippen molar-refractivity contribution in [2.45, 2.75) is 4.83 Å². The molecule has 0 saturated carbocycles. The van der Waals surface area contributed by atoms with Crippen molar-refractivity contribution in [1.29, 1.82) is 0 Å². The fourth-order valence-electron chi connectivity index (χ4n) is 0.626. The SMILES string of the molecule is BrC=C1OC=C(CBr)C1Br. The highest BCUT2D eigenvalue weighted by molar-refractivity contribution is 9.11. The lowest BCUT2D eigenvalue weighted by Gasteiger charge is -2.01. The van der Waals surface area contributed by atoms with Crippen LogP contribution in [0.3, 0.4) is 0 Å². The summed E-state index contributed by atoms with van der Waals surface area (Å²) in [5.41, 5.74) is 1.20. The van der Waals surface area contributed by atoms with Crippen molar-refractivity contribution in [3.8, 4) is 0 Å². The van der Waals surface area contributed by atoms with E-state index in [1.807, 2.05) is 0 Å². The van der Waals surface area contributed by atoms with E-state index < -0.39 is 0 Å². The lowest BCUT2D eigenvalue weighted by Crippen LogP contribution is -1.99. The van der Waals surface area contributed by atoms with Crippen molar-refractivity contribution >= 4 is 47.8 Å². The van der Waals surface area contributed by atoms with E-state index in [1.165, 1.54) is 5.57 Å². The second-order valence-electron chi connectivity index (χ2n) is 1.82. The molecule has 1 rings (SSSR count). The molecule has 0 spiro atoms. The van der Waals surface area contributed by atoms with Crippen LogP contribution in [-0.4, -0.2) is 10.2 Å². The van der Waals surface area contributed by atoms with Gasteiger partial charge in [0.25, 0.3) is 0 Å². The molecule has 0 fully saturated rings. The van der Waals surface area contributed by atoms with Crippen LogP contribution in [0.5, 0.6) is 0 Å². The third-order valence-corrected chi connectivity index (χ3v) is 3.32. The molecule has 0 N–H and O–H groups in total. The van der Waals surface area contributed by atoms with Crippen LogP contribution in [0.2, 0.25) is 0 Å². The molecule has 1 aliphatic heterocycles. The molecule has 56 valence electrons. The molecule has 0 aromatic carbocycles. The van der Waals surface area contributed by atoms with Gasteiger partial charge in [-0.2, -0.15) is 0 Å². The Balaban J connectivity index is 2.69. The average Bonchev–Trinajstić information content (AvgIpc) is 2.30. The molecule has 1 nitrogen and oxygen atoms in total. The van der Waals surface area contributed by atoms with Gasteiger partial charge in [0.1, 0.15) is 5.76 Å². The van der Waals surface area contributed by atoms with Gasteiger partial charge in [-0.3, -0.25) is 0 Å². The Hall–Kier alpha value is 0.720. The summed E-state index contributed by atoms with van der Waals surface area (Å²) < 4.78 is 5.19. The molecule has 0 aromatic rings. The monoisotopic (exact) mass is 330 g/mol. The number of hydrogen-bond donors (Lipinski definition) is 0. The van der Waals surface area contributed by atoms with Crippen molar-refractivity contribution < 1.29 is 4.74 Å². The second-order valence-corrected chi connectivity index (χ2v) is 3.75. The van der Waals surface area contributed by atoms with Gasteiger partial charge in [0, 0.05) is 10.3 Å². The largest absolute Gasteiger partial charge is 0.467 e. The van der Waals surface area contributed by atoms with Crippen LogP contribution >= 0.6 is 47.8 Å². The molecule has 1 heterocycles. The van der Waals surface area contributed by atoms with Crippen LogP contribution in [0.25, 0.3) is 0 Å². The van der Waals surface area contributed by atoms with Gasteiger partial charge in [0.15, 0.2) is 0 Å². The summed E-state index contributed by atoms with van der Waals surface area (Å²) in [7, 11) is 0. The van der Waals surface area contributed by atoms with E-state index >= 15 is 0 Å². The van der Waals surface area contributed by atoms with E-state index in [0.29, 0.717) is 0 Å². The molecule has 0 radical (unpaired) electrons. The molecule has 0 saturated heterocycles. The van der Waals surface area contributed by atoms with E-state index in [0.717, 1.165) is 11.1 Å². The Morgan fingerprint density at radius 3 is 2.70 bits per heavy atom. The fraction of sp³-hybridized carbons (Fsp3) is 0.333. The first-order chi connectivity index (χ1) is 4.79. The van der Waals surface area contributed by atoms with Gasteiger partial charge in [-0.05, 0) is 5.57 Å². The minimum absolute atomic E-state index is 0.228. The van der Waals surface area contributed by atoms with Crippen LogP contribution in [-0.2, 0) is 4.74 Å². The Morgan fingerprint density at radius 2 is 2.40 bits per heavy atom. The summed E-state index contributed by atoms with van der Waals surface area (Å²) >= 11 is 10.0. The van der Waals surface area contributed by atoms with Gasteiger partial charge in [-0.1, -0.05) is 47.8 Å². The molecule has 0 amide bonds. The summed E-state index contributed by atoms with van der Waals surface area (Å²) in [6, 6.07) is 0. The van der Waals surface area contributed by atoms with Gasteiger partial charge in [0.2, 0.25) is 0 Å². The summed E-state index contributed by atoms with van der Waals surface area (Å²) in [4.78, 5) is 2.00. The molecule has 1 atom stereocenters. The lowest BCUT2D eigenvalue weighted by molar-refractivity contribution is 0.371. The van der Waals surface area contributed by atoms with Gasteiger partial charge >= 0.3 is 0 Å². The zero-order valence-electron chi connectivity index (χ0n) is 4.98. The minimum Gasteiger partial charge on any atom is -0.467 e. The number of ether oxygens (including phenoxy) is 1. The zero-order valence-corrected chi connectivity index (χ0v) is 9.74. The Labute approximate surface area is 84.9 Å². The van der Waals surface area contributed by atoms with Gasteiger partial charge < -0.3 is 4.74 Å². The maximum Gasteiger partial charge on any atom is 0.128 e. The van der Waals surface area contributed by atoms with Crippen LogP contribution in [0.4, 0.5) is 0 Å². The Kier molecular flexibility index (Phi) is 3.46. The van der Waals surface area contributed by atoms with Crippen molar-refractivity contribution in [3.05, 3.63) is 22.6 Å². The van der Waals surface area contributed by atoms with Crippen molar-refractivity contribution in [3.63, 3.8) is 0 Å². The number of allylic oxidation sites excluding steroid dienone is 1. The van der Waals surface area contributed by atoms with Crippen molar-refractivity contribution in [1.82, 2.24) is 0 Å². The first-order valence-electron chi connectivity index (χ1n) is 2.65. The standard InChI is InChI=1S/C6H5Br3O/c7-1-4-3-10-5(2-8)6(4)9/h2-3,6H,1H2. The van der Waals surface area contributed by atoms with Crippen molar-refractivity contribution in [2.75, 3.05) is 5.33 Å². The summed E-state index contributed by atoms with van der Waals surface area (Å²) in [6.45, 7) is 0. The van der Waals surface area contributed by atoms with E-state index in [-0.39, 0.29) is 4.83 Å². The first-order valence-corrected chi connectivity index (χ1v) is 5.60. The van der Waals surface area contributed by atoms with Crippen LogP contribution in [0, 0.1) is 0 Å². The highest BCUT2D eigenvalue weighted by Crippen LogP contribution is 2.30. The highest BCUT2D eigenvalue weighted by atomic mass is 79.9. The predicted octanol–water partition coefficient (Wildman–Crippen LogP) is 3.30. The predicted molar refractivity (Wildman–Crippen MR) is 52.7 cm³/mol. The van der Waals surface area contributed by atoms with Crippen molar-refractivity contribution in [2.24, 2.45) is 0 Å². The van der Waals surface area contributed by atoms with E-state index in [1.54, 1.807) is 11.2 Å². The summed E-state index contributed by atoms with van der Waals surface area (Å²) in [5.74, 6) is 0.898. The number of halogens is 3. The molecule has 10 heavy (non-hydrogen) atoms. The number of rotatable bonds is 1. The van der Waals surface area contributed by atoms with Crippen LogP contribution in [0.1, 0.15) is 0 Å². The third-order valence-electron chi connectivity index (χ3n) is 1.18. The Bertz CT molecular complexity index is 185. The zero-order chi connectivity index (χ0) is 7.56. The molecule has 1 aliphatic rings. The van der Waals surface area contributed by atoms with Gasteiger partial charge in [0.05, 0.1) is 11.1 Å². The fourth-order valence-corrected chi connectivity index (χ4v) is 2.75. The molecular weight excluding hydrogens is 328 g/mol. The molecule has 0 aromatic heterocycles. The quantitative estimate of drug-likeness (QED) is 0.670. The van der Waals surface area contributed by atoms with Crippen LogP contribution in [0.15, 0.2) is 22.6 Å². The third kappa shape index (κ3) is 1.66. The molecular formula is C6H5Br3O. The molecule has 4 heteroatoms. The van der Waals surface area contributed by atoms with E-state index in [2.05, 4.69) is 47.8 Å². The normalized spacial score (nSPS) is 28.5. The van der Waals surface area contributed by atoms with Gasteiger partial charge in [-0.25, -0.2) is 0 Å². The van der Waals surface area contributed by atoms with Crippen LogP contribution < -0.4 is 0 Å². The highest BCUT2D eigenvalue weighted by Gasteiger charge is 2.21. The molecule has 0 bridgehead atoms.